The summed E-state index contributed by atoms with van der Waals surface area (Å²) in [5.41, 5.74) is 6.36. The van der Waals surface area contributed by atoms with Gasteiger partial charge in [0.25, 0.3) is 5.91 Å². The first-order valence-electron chi connectivity index (χ1n) is 9.24. The van der Waals surface area contributed by atoms with Gasteiger partial charge >= 0.3 is 5.92 Å². The van der Waals surface area contributed by atoms with Gasteiger partial charge in [-0.05, 0) is 24.8 Å². The lowest BCUT2D eigenvalue weighted by Crippen LogP contribution is -2.57. The molecule has 1 saturated heterocycles. The highest BCUT2D eigenvalue weighted by Gasteiger charge is 2.49. The first-order chi connectivity index (χ1) is 12.8. The Morgan fingerprint density at radius 2 is 1.74 bits per heavy atom. The van der Waals surface area contributed by atoms with E-state index in [9.17, 15) is 23.5 Å². The summed E-state index contributed by atoms with van der Waals surface area (Å²) in [6.07, 6.45) is 1.42. The number of aliphatic hydroxyl groups is 1. The van der Waals surface area contributed by atoms with Gasteiger partial charge in [0.05, 0.1) is 6.54 Å². The molecule has 2 atom stereocenters. The number of hydrogen-bond donors (Lipinski definition) is 3. The molecule has 1 heterocycles. The number of nitrogens with two attached hydrogens (primary N) is 1. The molecule has 1 aromatic carbocycles. The molecule has 4 N–H and O–H groups in total. The minimum Gasteiger partial charge on any atom is -0.385 e. The molecular weight excluding hydrogens is 356 g/mol. The number of benzene rings is 1. The molecule has 0 spiro atoms. The van der Waals surface area contributed by atoms with Crippen molar-refractivity contribution < 1.29 is 23.5 Å². The molecule has 27 heavy (non-hydrogen) atoms. The number of rotatable bonds is 7. The minimum absolute atomic E-state index is 0.00240. The van der Waals surface area contributed by atoms with Gasteiger partial charge in [-0.1, -0.05) is 43.2 Å². The average Bonchev–Trinajstić information content (AvgIpc) is 2.95. The van der Waals surface area contributed by atoms with Crippen LogP contribution in [0.2, 0.25) is 0 Å². The molecule has 8 heteroatoms. The Morgan fingerprint density at radius 1 is 1.15 bits per heavy atom. The van der Waals surface area contributed by atoms with Crippen molar-refractivity contribution >= 4 is 11.8 Å². The standard InChI is InChI=1S/C19H27F2N3O3/c20-19(21,17(26)15(22)12-14-8-4-3-5-9-14)18(27)23-13-16(25)24-10-6-1-2-7-11-24/h3-5,8-9,15,17,26H,1-2,6-7,10-13,22H2,(H,23,27). The molecule has 1 aliphatic heterocycles. The third kappa shape index (κ3) is 5.97. The van der Waals surface area contributed by atoms with Crippen LogP contribution in [-0.4, -0.2) is 59.5 Å². The molecule has 1 aromatic rings. The Bertz CT molecular complexity index is 620. The van der Waals surface area contributed by atoms with Crippen molar-refractivity contribution in [2.45, 2.75) is 50.2 Å². The van der Waals surface area contributed by atoms with E-state index in [-0.39, 0.29) is 6.42 Å². The number of likely N-dealkylation sites (tertiary alicyclic amines) is 1. The quantitative estimate of drug-likeness (QED) is 0.656. The van der Waals surface area contributed by atoms with Crippen molar-refractivity contribution in [3.63, 3.8) is 0 Å². The van der Waals surface area contributed by atoms with Crippen molar-refractivity contribution in [1.82, 2.24) is 10.2 Å². The van der Waals surface area contributed by atoms with E-state index in [4.69, 9.17) is 5.73 Å². The Hall–Kier alpha value is -2.06. The fourth-order valence-corrected chi connectivity index (χ4v) is 3.11. The SMILES string of the molecule is NC(Cc1ccccc1)C(O)C(F)(F)C(=O)NCC(=O)N1CCCCCC1. The lowest BCUT2D eigenvalue weighted by molar-refractivity contribution is -0.166. The van der Waals surface area contributed by atoms with Crippen LogP contribution in [-0.2, 0) is 16.0 Å². The number of alkyl halides is 2. The summed E-state index contributed by atoms with van der Waals surface area (Å²) in [6, 6.07) is 7.31. The maximum atomic E-state index is 14.3. The molecule has 150 valence electrons. The largest absolute Gasteiger partial charge is 0.385 e. The predicted molar refractivity (Wildman–Crippen MR) is 97.1 cm³/mol. The summed E-state index contributed by atoms with van der Waals surface area (Å²) < 4.78 is 28.5. The normalized spacial score (nSPS) is 17.7. The molecule has 2 unspecified atom stereocenters. The van der Waals surface area contributed by atoms with Gasteiger partial charge in [-0.15, -0.1) is 0 Å². The fraction of sp³-hybridized carbons (Fsp3) is 0.579. The van der Waals surface area contributed by atoms with Gasteiger partial charge in [0, 0.05) is 19.1 Å². The van der Waals surface area contributed by atoms with Crippen molar-refractivity contribution in [2.75, 3.05) is 19.6 Å². The maximum Gasteiger partial charge on any atom is 0.351 e. The Morgan fingerprint density at radius 3 is 2.33 bits per heavy atom. The molecule has 0 aromatic heterocycles. The van der Waals surface area contributed by atoms with Crippen molar-refractivity contribution in [3.05, 3.63) is 35.9 Å². The molecule has 1 aliphatic rings. The van der Waals surface area contributed by atoms with Gasteiger partial charge in [-0.3, -0.25) is 9.59 Å². The number of nitrogens with zero attached hydrogens (tertiary/aromatic N) is 1. The van der Waals surface area contributed by atoms with E-state index in [1.165, 1.54) is 0 Å². The van der Waals surface area contributed by atoms with Crippen LogP contribution < -0.4 is 11.1 Å². The maximum absolute atomic E-state index is 14.3. The lowest BCUT2D eigenvalue weighted by Gasteiger charge is -2.27. The molecule has 6 nitrogen and oxygen atoms in total. The van der Waals surface area contributed by atoms with Crippen molar-refractivity contribution in [1.29, 1.82) is 0 Å². The Kier molecular flexibility index (Phi) is 7.67. The average molecular weight is 383 g/mol. The molecule has 0 bridgehead atoms. The number of amides is 2. The van der Waals surface area contributed by atoms with Crippen LogP contribution in [0.5, 0.6) is 0 Å². The van der Waals surface area contributed by atoms with Crippen LogP contribution in [0.25, 0.3) is 0 Å². The zero-order chi connectivity index (χ0) is 19.9. The van der Waals surface area contributed by atoms with Gasteiger partial charge < -0.3 is 21.1 Å². The summed E-state index contributed by atoms with van der Waals surface area (Å²) in [5.74, 6) is -6.18. The number of carbonyl (C=O) groups excluding carboxylic acids is 2. The smallest absolute Gasteiger partial charge is 0.351 e. The molecular formula is C19H27F2N3O3. The number of aliphatic hydroxyl groups excluding tert-OH is 1. The molecule has 2 rings (SSSR count). The topological polar surface area (TPSA) is 95.7 Å². The van der Waals surface area contributed by atoms with Gasteiger partial charge in [-0.25, -0.2) is 0 Å². The van der Waals surface area contributed by atoms with Crippen LogP contribution in [0, 0.1) is 0 Å². The summed E-state index contributed by atoms with van der Waals surface area (Å²) >= 11 is 0. The Balaban J connectivity index is 1.87. The monoisotopic (exact) mass is 383 g/mol. The van der Waals surface area contributed by atoms with Gasteiger partial charge in [0.15, 0.2) is 0 Å². The predicted octanol–water partition coefficient (Wildman–Crippen LogP) is 1.07. The second-order valence-corrected chi connectivity index (χ2v) is 6.90. The second-order valence-electron chi connectivity index (χ2n) is 6.90. The van der Waals surface area contributed by atoms with E-state index in [1.54, 1.807) is 35.2 Å². The first-order valence-corrected chi connectivity index (χ1v) is 9.24. The third-order valence-corrected chi connectivity index (χ3v) is 4.75. The molecule has 1 fully saturated rings. The highest BCUT2D eigenvalue weighted by Crippen LogP contribution is 2.22. The van der Waals surface area contributed by atoms with Crippen LogP contribution in [0.4, 0.5) is 8.78 Å². The van der Waals surface area contributed by atoms with Gasteiger partial charge in [-0.2, -0.15) is 8.78 Å². The van der Waals surface area contributed by atoms with E-state index in [0.717, 1.165) is 25.7 Å². The second kappa shape index (κ2) is 9.75. The number of halogens is 2. The summed E-state index contributed by atoms with van der Waals surface area (Å²) in [7, 11) is 0. The number of hydrogen-bond acceptors (Lipinski definition) is 4. The van der Waals surface area contributed by atoms with Crippen LogP contribution in [0.15, 0.2) is 30.3 Å². The minimum atomic E-state index is -4.09. The zero-order valence-corrected chi connectivity index (χ0v) is 15.2. The molecule has 2 amide bonds. The van der Waals surface area contributed by atoms with Gasteiger partial charge in [0.1, 0.15) is 6.10 Å². The van der Waals surface area contributed by atoms with Crippen molar-refractivity contribution in [3.8, 4) is 0 Å². The molecule has 0 radical (unpaired) electrons. The van der Waals surface area contributed by atoms with Crippen LogP contribution in [0.3, 0.4) is 0 Å². The lowest BCUT2D eigenvalue weighted by atomic mass is 9.97. The highest BCUT2D eigenvalue weighted by atomic mass is 19.3. The summed E-state index contributed by atoms with van der Waals surface area (Å²) in [6.45, 7) is 0.612. The zero-order valence-electron chi connectivity index (χ0n) is 15.2. The van der Waals surface area contributed by atoms with E-state index in [0.29, 0.717) is 18.7 Å². The number of carbonyl (C=O) groups is 2. The van der Waals surface area contributed by atoms with E-state index >= 15 is 0 Å². The highest BCUT2D eigenvalue weighted by molar-refractivity contribution is 5.89. The van der Waals surface area contributed by atoms with Crippen LogP contribution >= 0.6 is 0 Å². The van der Waals surface area contributed by atoms with Crippen LogP contribution in [0.1, 0.15) is 31.2 Å². The molecule has 0 saturated carbocycles. The fourth-order valence-electron chi connectivity index (χ4n) is 3.11. The number of nitrogens with one attached hydrogen (secondary N) is 1. The third-order valence-electron chi connectivity index (χ3n) is 4.75. The van der Waals surface area contributed by atoms with E-state index in [2.05, 4.69) is 0 Å². The van der Waals surface area contributed by atoms with Crippen molar-refractivity contribution in [2.24, 2.45) is 5.73 Å². The summed E-state index contributed by atoms with van der Waals surface area (Å²) in [4.78, 5) is 25.5. The first kappa shape index (κ1) is 21.2. The van der Waals surface area contributed by atoms with Gasteiger partial charge in [0.2, 0.25) is 5.91 Å². The molecule has 0 aliphatic carbocycles. The van der Waals surface area contributed by atoms with E-state index < -0.39 is 36.4 Å². The van der Waals surface area contributed by atoms with E-state index in [1.807, 2.05) is 5.32 Å². The summed E-state index contributed by atoms with van der Waals surface area (Å²) in [5, 5.41) is 11.8. The Labute approximate surface area is 157 Å².